The Balaban J connectivity index is 1.29. The minimum absolute atomic E-state index is 0.115. The van der Waals surface area contributed by atoms with Gasteiger partial charge in [0.25, 0.3) is 0 Å². The number of imidazole rings is 1. The third kappa shape index (κ3) is 4.67. The van der Waals surface area contributed by atoms with Crippen LogP contribution < -0.4 is 20.1 Å². The first-order valence-electron chi connectivity index (χ1n) is 10.5. The maximum atomic E-state index is 12.5. The van der Waals surface area contributed by atoms with Crippen LogP contribution in [0.4, 0.5) is 4.79 Å². The van der Waals surface area contributed by atoms with E-state index >= 15 is 0 Å². The Kier molecular flexibility index (Phi) is 6.07. The molecule has 4 rings (SSSR count). The number of H-pyrrole nitrogens is 1. The van der Waals surface area contributed by atoms with Gasteiger partial charge in [-0.3, -0.25) is 0 Å². The van der Waals surface area contributed by atoms with Gasteiger partial charge in [0.2, 0.25) is 0 Å². The lowest BCUT2D eigenvalue weighted by Crippen LogP contribution is -2.40. The second-order valence-corrected chi connectivity index (χ2v) is 7.83. The molecule has 7 nitrogen and oxygen atoms in total. The highest BCUT2D eigenvalue weighted by atomic mass is 16.6. The molecular formula is C23H28N4O3. The third-order valence-electron chi connectivity index (χ3n) is 5.19. The lowest BCUT2D eigenvalue weighted by Gasteiger charge is -2.25. The standard InChI is InChI=1S/C23H28N4O3/c1-15(2)22(16-9-10-19-20(14-16)30-13-12-29-19)27-23(28)24-11-5-8-21-25-17-6-3-4-7-18(17)26-21/h3-4,6-7,9-10,14-15,22H,5,8,11-13H2,1-2H3,(H,25,26)(H2,24,27,28). The van der Waals surface area contributed by atoms with E-state index in [2.05, 4.69) is 34.4 Å². The number of carbonyl (C=O) groups excluding carboxylic acids is 1. The van der Waals surface area contributed by atoms with E-state index in [-0.39, 0.29) is 18.0 Å². The fourth-order valence-electron chi connectivity index (χ4n) is 3.66. The number of hydrogen-bond acceptors (Lipinski definition) is 4. The van der Waals surface area contributed by atoms with Gasteiger partial charge in [-0.2, -0.15) is 0 Å². The van der Waals surface area contributed by atoms with Crippen LogP contribution in [0.25, 0.3) is 11.0 Å². The number of carbonyl (C=O) groups is 1. The number of nitrogens with one attached hydrogen (secondary N) is 3. The molecular weight excluding hydrogens is 380 g/mol. The SMILES string of the molecule is CC(C)C(NC(=O)NCCCc1nc2ccccc2[nH]1)c1ccc2c(c1)OCCO2. The zero-order chi connectivity index (χ0) is 20.9. The van der Waals surface area contributed by atoms with Gasteiger partial charge in [-0.1, -0.05) is 32.0 Å². The van der Waals surface area contributed by atoms with Crippen LogP contribution in [0.5, 0.6) is 11.5 Å². The molecule has 3 aromatic rings. The molecule has 158 valence electrons. The average Bonchev–Trinajstić information content (AvgIpc) is 3.17. The first-order valence-corrected chi connectivity index (χ1v) is 10.5. The first-order chi connectivity index (χ1) is 14.6. The van der Waals surface area contributed by atoms with E-state index in [4.69, 9.17) is 9.47 Å². The van der Waals surface area contributed by atoms with Crippen LogP contribution in [0.1, 0.15) is 37.7 Å². The molecule has 0 bridgehead atoms. The van der Waals surface area contributed by atoms with Crippen molar-refractivity contribution in [3.8, 4) is 11.5 Å². The number of aromatic nitrogens is 2. The molecule has 30 heavy (non-hydrogen) atoms. The van der Waals surface area contributed by atoms with Gasteiger partial charge in [0.15, 0.2) is 11.5 Å². The Bertz CT molecular complexity index is 982. The molecule has 7 heteroatoms. The molecule has 2 amide bonds. The normalized spacial score (nSPS) is 14.0. The van der Waals surface area contributed by atoms with Gasteiger partial charge < -0.3 is 25.1 Å². The first kappa shape index (κ1) is 20.1. The van der Waals surface area contributed by atoms with Gasteiger partial charge in [-0.05, 0) is 42.2 Å². The van der Waals surface area contributed by atoms with Crippen molar-refractivity contribution in [3.63, 3.8) is 0 Å². The maximum absolute atomic E-state index is 12.5. The fraction of sp³-hybridized carbons (Fsp3) is 0.391. The van der Waals surface area contributed by atoms with E-state index in [0.717, 1.165) is 46.8 Å². The molecule has 0 fully saturated rings. The van der Waals surface area contributed by atoms with Crippen molar-refractivity contribution < 1.29 is 14.3 Å². The molecule has 1 aliphatic heterocycles. The predicted molar refractivity (Wildman–Crippen MR) is 116 cm³/mol. The van der Waals surface area contributed by atoms with Gasteiger partial charge in [0.05, 0.1) is 17.1 Å². The van der Waals surface area contributed by atoms with Crippen LogP contribution in [-0.2, 0) is 6.42 Å². The minimum atomic E-state index is -0.173. The number of ether oxygens (including phenoxy) is 2. The zero-order valence-corrected chi connectivity index (χ0v) is 17.4. The third-order valence-corrected chi connectivity index (χ3v) is 5.19. The summed E-state index contributed by atoms with van der Waals surface area (Å²) in [7, 11) is 0. The highest BCUT2D eigenvalue weighted by molar-refractivity contribution is 5.75. The lowest BCUT2D eigenvalue weighted by molar-refractivity contribution is 0.171. The van der Waals surface area contributed by atoms with Crippen LogP contribution in [0.3, 0.4) is 0 Å². The summed E-state index contributed by atoms with van der Waals surface area (Å²) < 4.78 is 11.3. The Morgan fingerprint density at radius 3 is 2.73 bits per heavy atom. The van der Waals surface area contributed by atoms with E-state index in [9.17, 15) is 4.79 Å². The lowest BCUT2D eigenvalue weighted by atomic mass is 9.95. The number of urea groups is 1. The minimum Gasteiger partial charge on any atom is -0.486 e. The van der Waals surface area contributed by atoms with Crippen molar-refractivity contribution >= 4 is 17.1 Å². The number of benzene rings is 2. The van der Waals surface area contributed by atoms with E-state index in [1.54, 1.807) is 0 Å². The van der Waals surface area contributed by atoms with E-state index in [0.29, 0.717) is 19.8 Å². The molecule has 1 atom stereocenters. The number of aromatic amines is 1. The van der Waals surface area contributed by atoms with Crippen molar-refractivity contribution in [2.24, 2.45) is 5.92 Å². The van der Waals surface area contributed by atoms with Crippen LogP contribution in [0.2, 0.25) is 0 Å². The van der Waals surface area contributed by atoms with Gasteiger partial charge in [-0.15, -0.1) is 0 Å². The summed E-state index contributed by atoms with van der Waals surface area (Å²) in [6, 6.07) is 13.5. The highest BCUT2D eigenvalue weighted by Crippen LogP contribution is 2.34. The number of amides is 2. The smallest absolute Gasteiger partial charge is 0.315 e. The van der Waals surface area contributed by atoms with Crippen LogP contribution >= 0.6 is 0 Å². The second-order valence-electron chi connectivity index (χ2n) is 7.83. The number of para-hydroxylation sites is 2. The Morgan fingerprint density at radius 2 is 1.93 bits per heavy atom. The van der Waals surface area contributed by atoms with Crippen molar-refractivity contribution in [2.45, 2.75) is 32.7 Å². The Morgan fingerprint density at radius 1 is 1.13 bits per heavy atom. The average molecular weight is 409 g/mol. The molecule has 3 N–H and O–H groups in total. The van der Waals surface area contributed by atoms with Crippen LogP contribution in [-0.4, -0.2) is 35.8 Å². The number of nitrogens with zero attached hydrogens (tertiary/aromatic N) is 1. The van der Waals surface area contributed by atoms with E-state index in [1.807, 2.05) is 42.5 Å². The molecule has 0 saturated heterocycles. The van der Waals surface area contributed by atoms with Gasteiger partial charge >= 0.3 is 6.03 Å². The van der Waals surface area contributed by atoms with Crippen molar-refractivity contribution in [2.75, 3.05) is 19.8 Å². The second kappa shape index (κ2) is 9.07. The zero-order valence-electron chi connectivity index (χ0n) is 17.4. The quantitative estimate of drug-likeness (QED) is 0.516. The van der Waals surface area contributed by atoms with E-state index < -0.39 is 0 Å². The molecule has 2 aromatic carbocycles. The van der Waals surface area contributed by atoms with Crippen LogP contribution in [0, 0.1) is 5.92 Å². The molecule has 1 unspecified atom stereocenters. The van der Waals surface area contributed by atoms with Crippen molar-refractivity contribution in [3.05, 3.63) is 53.9 Å². The summed E-state index contributed by atoms with van der Waals surface area (Å²) in [4.78, 5) is 20.4. The summed E-state index contributed by atoms with van der Waals surface area (Å²) in [5.74, 6) is 2.66. The topological polar surface area (TPSA) is 88.3 Å². The summed E-state index contributed by atoms with van der Waals surface area (Å²) in [6.45, 7) is 5.86. The highest BCUT2D eigenvalue weighted by Gasteiger charge is 2.21. The number of fused-ring (bicyclic) bond motifs is 2. The summed E-state index contributed by atoms with van der Waals surface area (Å²) in [6.07, 6.45) is 1.59. The van der Waals surface area contributed by atoms with Crippen LogP contribution in [0.15, 0.2) is 42.5 Å². The van der Waals surface area contributed by atoms with Crippen molar-refractivity contribution in [1.82, 2.24) is 20.6 Å². The summed E-state index contributed by atoms with van der Waals surface area (Å²) in [5.41, 5.74) is 3.02. The largest absolute Gasteiger partial charge is 0.486 e. The van der Waals surface area contributed by atoms with Gasteiger partial charge in [0.1, 0.15) is 19.0 Å². The molecule has 1 aromatic heterocycles. The van der Waals surface area contributed by atoms with Gasteiger partial charge in [-0.25, -0.2) is 9.78 Å². The summed E-state index contributed by atoms with van der Waals surface area (Å²) >= 11 is 0. The van der Waals surface area contributed by atoms with Gasteiger partial charge in [0, 0.05) is 13.0 Å². The summed E-state index contributed by atoms with van der Waals surface area (Å²) in [5, 5.41) is 6.05. The fourth-order valence-corrected chi connectivity index (χ4v) is 3.66. The Labute approximate surface area is 176 Å². The molecule has 1 aliphatic rings. The molecule has 0 saturated carbocycles. The molecule has 2 heterocycles. The molecule has 0 spiro atoms. The number of hydrogen-bond donors (Lipinski definition) is 3. The number of aryl methyl sites for hydroxylation is 1. The maximum Gasteiger partial charge on any atom is 0.315 e. The Hall–Kier alpha value is -3.22. The molecule has 0 radical (unpaired) electrons. The van der Waals surface area contributed by atoms with Crippen molar-refractivity contribution in [1.29, 1.82) is 0 Å². The van der Waals surface area contributed by atoms with E-state index in [1.165, 1.54) is 0 Å². The molecule has 0 aliphatic carbocycles. The predicted octanol–water partition coefficient (Wildman–Crippen LogP) is 3.96. The monoisotopic (exact) mass is 408 g/mol. The number of rotatable bonds is 7.